The van der Waals surface area contributed by atoms with Gasteiger partial charge < -0.3 is 10.2 Å². The first-order valence-corrected chi connectivity index (χ1v) is 10.8. The average Bonchev–Trinajstić information content (AvgIpc) is 2.71. The summed E-state index contributed by atoms with van der Waals surface area (Å²) in [4.78, 5) is 14.9. The van der Waals surface area contributed by atoms with Crippen LogP contribution in [-0.2, 0) is 4.79 Å². The molecule has 3 rings (SSSR count). The maximum Gasteiger partial charge on any atom is 0.266 e. The summed E-state index contributed by atoms with van der Waals surface area (Å²) in [6, 6.07) is 12.6. The van der Waals surface area contributed by atoms with Gasteiger partial charge >= 0.3 is 0 Å². The first kappa shape index (κ1) is 22.6. The lowest BCUT2D eigenvalue weighted by Crippen LogP contribution is -2.48. The molecule has 1 aliphatic rings. The lowest BCUT2D eigenvalue weighted by Gasteiger charge is -2.47. The maximum atomic E-state index is 15.1. The molecule has 0 saturated heterocycles. The van der Waals surface area contributed by atoms with Crippen molar-refractivity contribution in [2.45, 2.75) is 58.9 Å². The first-order chi connectivity index (χ1) is 14.7. The van der Waals surface area contributed by atoms with E-state index in [4.69, 9.17) is 0 Å². The Balaban J connectivity index is 1.96. The number of hydrogen-bond acceptors (Lipinski definition) is 3. The van der Waals surface area contributed by atoms with Gasteiger partial charge in [-0.2, -0.15) is 5.26 Å². The van der Waals surface area contributed by atoms with Crippen molar-refractivity contribution in [3.8, 4) is 6.07 Å². The molecule has 2 aromatic carbocycles. The molecule has 1 atom stereocenters. The number of fused-ring (bicyclic) bond motifs is 1. The second-order valence-corrected chi connectivity index (χ2v) is 8.99. The molecule has 0 radical (unpaired) electrons. The van der Waals surface area contributed by atoms with Crippen molar-refractivity contribution in [2.24, 2.45) is 0 Å². The summed E-state index contributed by atoms with van der Waals surface area (Å²) in [6.07, 6.45) is 3.27. The summed E-state index contributed by atoms with van der Waals surface area (Å²) in [6.45, 7) is 11.4. The van der Waals surface area contributed by atoms with E-state index in [0.29, 0.717) is 5.69 Å². The minimum atomic E-state index is -0.551. The van der Waals surface area contributed by atoms with E-state index in [1.807, 2.05) is 25.1 Å². The van der Waals surface area contributed by atoms with Crippen LogP contribution in [0.2, 0.25) is 0 Å². The number of halogens is 1. The zero-order chi connectivity index (χ0) is 22.8. The third-order valence-electron chi connectivity index (χ3n) is 5.93. The highest BCUT2D eigenvalue weighted by atomic mass is 19.1. The van der Waals surface area contributed by atoms with E-state index < -0.39 is 11.7 Å². The van der Waals surface area contributed by atoms with Crippen LogP contribution < -0.4 is 10.2 Å². The molecular weight excluding hydrogens is 389 g/mol. The summed E-state index contributed by atoms with van der Waals surface area (Å²) in [7, 11) is 0. The van der Waals surface area contributed by atoms with Crippen molar-refractivity contribution in [1.82, 2.24) is 0 Å². The summed E-state index contributed by atoms with van der Waals surface area (Å²) < 4.78 is 15.1. The van der Waals surface area contributed by atoms with E-state index >= 15 is 4.39 Å². The second kappa shape index (κ2) is 8.93. The predicted molar refractivity (Wildman–Crippen MR) is 125 cm³/mol. The van der Waals surface area contributed by atoms with Crippen LogP contribution >= 0.6 is 0 Å². The molecule has 1 unspecified atom stereocenters. The van der Waals surface area contributed by atoms with Gasteiger partial charge in [-0.25, -0.2) is 4.39 Å². The molecule has 4 nitrogen and oxygen atoms in total. The van der Waals surface area contributed by atoms with Gasteiger partial charge in [0.2, 0.25) is 0 Å². The third-order valence-corrected chi connectivity index (χ3v) is 5.93. The molecule has 0 fully saturated rings. The van der Waals surface area contributed by atoms with Crippen LogP contribution in [0.25, 0.3) is 6.08 Å². The predicted octanol–water partition coefficient (Wildman–Crippen LogP) is 6.18. The Morgan fingerprint density at radius 1 is 1.32 bits per heavy atom. The van der Waals surface area contributed by atoms with Crippen molar-refractivity contribution < 1.29 is 9.18 Å². The van der Waals surface area contributed by atoms with Crippen molar-refractivity contribution in [3.63, 3.8) is 0 Å². The van der Waals surface area contributed by atoms with Crippen LogP contribution in [0, 0.1) is 24.1 Å². The van der Waals surface area contributed by atoms with E-state index in [2.05, 4.69) is 37.9 Å². The van der Waals surface area contributed by atoms with Crippen LogP contribution in [-0.4, -0.2) is 18.0 Å². The van der Waals surface area contributed by atoms with Gasteiger partial charge in [-0.1, -0.05) is 31.5 Å². The molecule has 0 bridgehead atoms. The van der Waals surface area contributed by atoms with Gasteiger partial charge in [0.25, 0.3) is 5.91 Å². The smallest absolute Gasteiger partial charge is 0.266 e. The monoisotopic (exact) mass is 419 g/mol. The Hall–Kier alpha value is -3.13. The number of carbonyl (C=O) groups is 1. The lowest BCUT2D eigenvalue weighted by atomic mass is 9.79. The lowest BCUT2D eigenvalue weighted by molar-refractivity contribution is -0.112. The highest BCUT2D eigenvalue weighted by Crippen LogP contribution is 2.44. The number of anilines is 2. The Labute approximate surface area is 184 Å². The molecule has 0 aliphatic carbocycles. The summed E-state index contributed by atoms with van der Waals surface area (Å²) in [5, 5.41) is 12.2. The fraction of sp³-hybridized carbons (Fsp3) is 0.385. The highest BCUT2D eigenvalue weighted by molar-refractivity contribution is 6.09. The van der Waals surface area contributed by atoms with Gasteiger partial charge in [0, 0.05) is 29.0 Å². The molecule has 1 N–H and O–H groups in total. The molecular formula is C26H30FN3O. The maximum absolute atomic E-state index is 15.1. The van der Waals surface area contributed by atoms with Gasteiger partial charge in [0.15, 0.2) is 0 Å². The zero-order valence-corrected chi connectivity index (χ0v) is 18.9. The minimum Gasteiger partial charge on any atom is -0.366 e. The summed E-state index contributed by atoms with van der Waals surface area (Å²) in [5.41, 5.74) is 3.69. The Bertz CT molecular complexity index is 1050. The minimum absolute atomic E-state index is 0.0576. The Kier molecular flexibility index (Phi) is 6.50. The topological polar surface area (TPSA) is 56.1 Å². The van der Waals surface area contributed by atoms with Gasteiger partial charge in [0.1, 0.15) is 17.5 Å². The van der Waals surface area contributed by atoms with Crippen LogP contribution in [0.1, 0.15) is 63.1 Å². The molecule has 162 valence electrons. The molecule has 0 aromatic heterocycles. The molecule has 31 heavy (non-hydrogen) atoms. The molecule has 5 heteroatoms. The van der Waals surface area contributed by atoms with E-state index in [-0.39, 0.29) is 22.6 Å². The largest absolute Gasteiger partial charge is 0.366 e. The van der Waals surface area contributed by atoms with Gasteiger partial charge in [-0.3, -0.25) is 4.79 Å². The number of carbonyl (C=O) groups excluding carboxylic acids is 1. The van der Waals surface area contributed by atoms with E-state index in [0.717, 1.165) is 36.2 Å². The van der Waals surface area contributed by atoms with E-state index in [1.165, 1.54) is 6.08 Å². The Morgan fingerprint density at radius 2 is 2.00 bits per heavy atom. The number of rotatable bonds is 5. The standard InChI is InChI=1S/C26H30FN3O/c1-6-11-30-24-14-23(27)19(13-22(24)18(3)15-26(30,4)5)12-20(16-28)25(31)29-21-9-7-17(2)8-10-21/h7-10,12-14,18H,6,11,15H2,1-5H3,(H,29,31)/b20-12+. The fourth-order valence-electron chi connectivity index (χ4n) is 4.42. The number of hydrogen-bond donors (Lipinski definition) is 1. The fourth-order valence-corrected chi connectivity index (χ4v) is 4.42. The van der Waals surface area contributed by atoms with Gasteiger partial charge in [-0.05, 0) is 75.4 Å². The van der Waals surface area contributed by atoms with Crippen molar-refractivity contribution in [2.75, 3.05) is 16.8 Å². The summed E-state index contributed by atoms with van der Waals surface area (Å²) in [5.74, 6) is -0.733. The zero-order valence-electron chi connectivity index (χ0n) is 18.9. The number of benzene rings is 2. The molecule has 0 saturated carbocycles. The molecule has 1 heterocycles. The Morgan fingerprint density at radius 3 is 2.61 bits per heavy atom. The normalized spacial score (nSPS) is 17.6. The third kappa shape index (κ3) is 4.80. The SMILES string of the molecule is CCCN1c2cc(F)c(/C=C(\C#N)C(=O)Nc3ccc(C)cc3)cc2C(C)CC1(C)C. The molecule has 2 aromatic rings. The van der Waals surface area contributed by atoms with Crippen LogP contribution in [0.5, 0.6) is 0 Å². The molecule has 1 aliphatic heterocycles. The number of amides is 1. The summed E-state index contributed by atoms with van der Waals surface area (Å²) >= 11 is 0. The number of aryl methyl sites for hydroxylation is 1. The number of nitrogens with one attached hydrogen (secondary N) is 1. The second-order valence-electron chi connectivity index (χ2n) is 8.99. The number of nitriles is 1. The molecule has 0 spiro atoms. The van der Waals surface area contributed by atoms with Crippen molar-refractivity contribution in [3.05, 3.63) is 64.5 Å². The quantitative estimate of drug-likeness (QED) is 0.465. The van der Waals surface area contributed by atoms with E-state index in [1.54, 1.807) is 24.3 Å². The van der Waals surface area contributed by atoms with Gasteiger partial charge in [0.05, 0.1) is 0 Å². The molecule has 1 amide bonds. The number of nitrogens with zero attached hydrogens (tertiary/aromatic N) is 2. The highest BCUT2D eigenvalue weighted by Gasteiger charge is 2.36. The van der Waals surface area contributed by atoms with Crippen molar-refractivity contribution in [1.29, 1.82) is 5.26 Å². The van der Waals surface area contributed by atoms with Crippen molar-refractivity contribution >= 4 is 23.4 Å². The van der Waals surface area contributed by atoms with Crippen LogP contribution in [0.15, 0.2) is 42.0 Å². The van der Waals surface area contributed by atoms with E-state index in [9.17, 15) is 10.1 Å². The average molecular weight is 420 g/mol. The van der Waals surface area contributed by atoms with Gasteiger partial charge in [-0.15, -0.1) is 0 Å². The van der Waals surface area contributed by atoms with Crippen LogP contribution in [0.3, 0.4) is 0 Å². The first-order valence-electron chi connectivity index (χ1n) is 10.8. The van der Waals surface area contributed by atoms with Crippen LogP contribution in [0.4, 0.5) is 15.8 Å².